The van der Waals surface area contributed by atoms with E-state index >= 15 is 0 Å². The fraction of sp³-hybridized carbons (Fsp3) is 0.615. The highest BCUT2D eigenvalue weighted by Crippen LogP contribution is 2.38. The Labute approximate surface area is 102 Å². The van der Waals surface area contributed by atoms with Gasteiger partial charge in [0.05, 0.1) is 0 Å². The van der Waals surface area contributed by atoms with Crippen LogP contribution in [0.15, 0.2) is 18.3 Å². The molecule has 3 rings (SSSR count). The van der Waals surface area contributed by atoms with Crippen molar-refractivity contribution in [2.75, 3.05) is 18.5 Å². The monoisotopic (exact) mass is 232 g/mol. The van der Waals surface area contributed by atoms with Crippen molar-refractivity contribution in [3.63, 3.8) is 0 Å². The molecule has 0 radical (unpaired) electrons. The van der Waals surface area contributed by atoms with Gasteiger partial charge in [0.15, 0.2) is 0 Å². The second-order valence-corrected chi connectivity index (χ2v) is 5.34. The predicted molar refractivity (Wildman–Crippen MR) is 68.2 cm³/mol. The Morgan fingerprint density at radius 3 is 2.65 bits per heavy atom. The number of anilines is 1. The van der Waals surface area contributed by atoms with Crippen molar-refractivity contribution in [3.8, 4) is 0 Å². The van der Waals surface area contributed by atoms with Crippen molar-refractivity contribution in [1.29, 1.82) is 0 Å². The molecule has 0 spiro atoms. The molecule has 0 amide bonds. The number of nitrogen functional groups attached to an aromatic ring is 1. The molecular formula is C13H20N4. The summed E-state index contributed by atoms with van der Waals surface area (Å²) in [6, 6.07) is 4.04. The molecule has 2 fully saturated rings. The number of pyridine rings is 1. The van der Waals surface area contributed by atoms with Gasteiger partial charge in [0.2, 0.25) is 0 Å². The minimum Gasteiger partial charge on any atom is -0.308 e. The summed E-state index contributed by atoms with van der Waals surface area (Å²) in [5.41, 5.74) is 3.84. The molecule has 1 saturated heterocycles. The molecule has 17 heavy (non-hydrogen) atoms. The molecule has 2 aliphatic rings. The van der Waals surface area contributed by atoms with Crippen LogP contribution in [0.3, 0.4) is 0 Å². The number of hydrogen-bond donors (Lipinski definition) is 2. The highest BCUT2D eigenvalue weighted by atomic mass is 15.2. The zero-order chi connectivity index (χ0) is 11.7. The number of hydrazine groups is 1. The Bertz CT molecular complexity index is 364. The first kappa shape index (κ1) is 11.0. The highest BCUT2D eigenvalue weighted by molar-refractivity contribution is 5.33. The Morgan fingerprint density at radius 1 is 1.29 bits per heavy atom. The molecule has 1 aliphatic heterocycles. The average molecular weight is 232 g/mol. The third kappa shape index (κ3) is 2.28. The molecule has 1 aromatic rings. The summed E-state index contributed by atoms with van der Waals surface area (Å²) in [6.07, 6.45) is 6.25. The van der Waals surface area contributed by atoms with Crippen molar-refractivity contribution in [1.82, 2.24) is 9.88 Å². The van der Waals surface area contributed by atoms with E-state index in [0.717, 1.165) is 24.2 Å². The van der Waals surface area contributed by atoms with Crippen LogP contribution in [0.4, 0.5) is 5.82 Å². The molecule has 4 nitrogen and oxygen atoms in total. The topological polar surface area (TPSA) is 54.2 Å². The molecule has 2 heterocycles. The first-order chi connectivity index (χ1) is 8.35. The van der Waals surface area contributed by atoms with Crippen molar-refractivity contribution < 1.29 is 0 Å². The van der Waals surface area contributed by atoms with Crippen molar-refractivity contribution in [3.05, 3.63) is 23.9 Å². The zero-order valence-electron chi connectivity index (χ0n) is 10.1. The fourth-order valence-electron chi connectivity index (χ4n) is 3.32. The molecule has 1 aliphatic carbocycles. The molecular weight excluding hydrogens is 212 g/mol. The van der Waals surface area contributed by atoms with Crippen molar-refractivity contribution >= 4 is 5.82 Å². The van der Waals surface area contributed by atoms with Gasteiger partial charge in [0, 0.05) is 25.8 Å². The second kappa shape index (κ2) is 4.63. The van der Waals surface area contributed by atoms with E-state index in [9.17, 15) is 0 Å². The molecule has 1 aromatic heterocycles. The number of aromatic nitrogens is 1. The molecule has 0 bridgehead atoms. The lowest BCUT2D eigenvalue weighted by Gasteiger charge is -2.16. The van der Waals surface area contributed by atoms with Crippen LogP contribution in [0, 0.1) is 11.8 Å². The maximum atomic E-state index is 5.30. The summed E-state index contributed by atoms with van der Waals surface area (Å²) < 4.78 is 0. The van der Waals surface area contributed by atoms with Crippen molar-refractivity contribution in [2.24, 2.45) is 17.7 Å². The summed E-state index contributed by atoms with van der Waals surface area (Å²) in [6.45, 7) is 3.59. The van der Waals surface area contributed by atoms with E-state index in [1.165, 1.54) is 37.9 Å². The van der Waals surface area contributed by atoms with Gasteiger partial charge in [-0.2, -0.15) is 0 Å². The fourth-order valence-corrected chi connectivity index (χ4v) is 3.32. The van der Waals surface area contributed by atoms with Gasteiger partial charge < -0.3 is 5.43 Å². The number of nitrogens with one attached hydrogen (secondary N) is 1. The SMILES string of the molecule is NNc1ccc(CN2CC3CCCC3C2)cn1. The van der Waals surface area contributed by atoms with Gasteiger partial charge in [-0.05, 0) is 36.3 Å². The van der Waals surface area contributed by atoms with Crippen LogP contribution in [0.25, 0.3) is 0 Å². The van der Waals surface area contributed by atoms with E-state index < -0.39 is 0 Å². The maximum Gasteiger partial charge on any atom is 0.139 e. The number of nitrogens with zero attached hydrogens (tertiary/aromatic N) is 2. The average Bonchev–Trinajstić information content (AvgIpc) is 2.90. The van der Waals surface area contributed by atoms with E-state index in [1.807, 2.05) is 12.3 Å². The Kier molecular flexibility index (Phi) is 2.99. The zero-order valence-corrected chi connectivity index (χ0v) is 10.1. The van der Waals surface area contributed by atoms with Gasteiger partial charge in [0.1, 0.15) is 5.82 Å². The molecule has 0 aromatic carbocycles. The normalized spacial score (nSPS) is 28.3. The summed E-state index contributed by atoms with van der Waals surface area (Å²) in [5, 5.41) is 0. The largest absolute Gasteiger partial charge is 0.308 e. The van der Waals surface area contributed by atoms with Crippen LogP contribution in [0.5, 0.6) is 0 Å². The Hall–Kier alpha value is -1.13. The number of hydrogen-bond acceptors (Lipinski definition) is 4. The molecule has 4 heteroatoms. The summed E-state index contributed by atoms with van der Waals surface area (Å²) in [4.78, 5) is 6.82. The van der Waals surface area contributed by atoms with E-state index in [0.29, 0.717) is 0 Å². The number of fused-ring (bicyclic) bond motifs is 1. The lowest BCUT2D eigenvalue weighted by Crippen LogP contribution is -2.21. The maximum absolute atomic E-state index is 5.30. The minimum absolute atomic E-state index is 0.729. The Balaban J connectivity index is 1.59. The predicted octanol–water partition coefficient (Wildman–Crippen LogP) is 1.60. The van der Waals surface area contributed by atoms with Crippen LogP contribution in [0.2, 0.25) is 0 Å². The molecule has 92 valence electrons. The Morgan fingerprint density at radius 2 is 2.06 bits per heavy atom. The first-order valence-corrected chi connectivity index (χ1v) is 6.49. The quantitative estimate of drug-likeness (QED) is 0.614. The second-order valence-electron chi connectivity index (χ2n) is 5.34. The minimum atomic E-state index is 0.729. The van der Waals surface area contributed by atoms with Gasteiger partial charge in [-0.25, -0.2) is 10.8 Å². The van der Waals surface area contributed by atoms with Gasteiger partial charge in [0.25, 0.3) is 0 Å². The number of nitrogens with two attached hydrogens (primary N) is 1. The molecule has 2 unspecified atom stereocenters. The molecule has 2 atom stereocenters. The summed E-state index contributed by atoms with van der Waals surface area (Å²) >= 11 is 0. The van der Waals surface area contributed by atoms with Gasteiger partial charge >= 0.3 is 0 Å². The highest BCUT2D eigenvalue weighted by Gasteiger charge is 2.35. The summed E-state index contributed by atoms with van der Waals surface area (Å²) in [5.74, 6) is 7.96. The number of likely N-dealkylation sites (tertiary alicyclic amines) is 1. The summed E-state index contributed by atoms with van der Waals surface area (Å²) in [7, 11) is 0. The van der Waals surface area contributed by atoms with E-state index in [2.05, 4.69) is 21.4 Å². The van der Waals surface area contributed by atoms with Crippen LogP contribution >= 0.6 is 0 Å². The van der Waals surface area contributed by atoms with E-state index in [1.54, 1.807) is 0 Å². The number of rotatable bonds is 3. The smallest absolute Gasteiger partial charge is 0.139 e. The molecule has 3 N–H and O–H groups in total. The third-order valence-electron chi connectivity index (χ3n) is 4.18. The van der Waals surface area contributed by atoms with E-state index in [4.69, 9.17) is 5.84 Å². The lowest BCUT2D eigenvalue weighted by molar-refractivity contribution is 0.303. The standard InChI is InChI=1S/C13H20N4/c14-16-13-5-4-10(6-15-13)7-17-8-11-2-1-3-12(11)9-17/h4-6,11-12H,1-3,7-9,14H2,(H,15,16). The van der Waals surface area contributed by atoms with Gasteiger partial charge in [-0.15, -0.1) is 0 Å². The third-order valence-corrected chi connectivity index (χ3v) is 4.18. The van der Waals surface area contributed by atoms with Crippen LogP contribution in [0.1, 0.15) is 24.8 Å². The molecule has 1 saturated carbocycles. The van der Waals surface area contributed by atoms with Crippen LogP contribution in [-0.2, 0) is 6.54 Å². The first-order valence-electron chi connectivity index (χ1n) is 6.49. The van der Waals surface area contributed by atoms with Crippen LogP contribution in [-0.4, -0.2) is 23.0 Å². The van der Waals surface area contributed by atoms with Crippen LogP contribution < -0.4 is 11.3 Å². The van der Waals surface area contributed by atoms with E-state index in [-0.39, 0.29) is 0 Å². The lowest BCUT2D eigenvalue weighted by atomic mass is 10.0. The van der Waals surface area contributed by atoms with Crippen molar-refractivity contribution in [2.45, 2.75) is 25.8 Å². The van der Waals surface area contributed by atoms with Gasteiger partial charge in [-0.3, -0.25) is 4.90 Å². The van der Waals surface area contributed by atoms with Gasteiger partial charge in [-0.1, -0.05) is 12.5 Å².